The first-order chi connectivity index (χ1) is 13.0. The van der Waals surface area contributed by atoms with Crippen LogP contribution in [0.2, 0.25) is 0 Å². The summed E-state index contributed by atoms with van der Waals surface area (Å²) in [6.45, 7) is 14.0. The lowest BCUT2D eigenvalue weighted by molar-refractivity contribution is -0.519. The van der Waals surface area contributed by atoms with Crippen LogP contribution in [0.15, 0.2) is 11.6 Å². The van der Waals surface area contributed by atoms with E-state index in [2.05, 4.69) is 26.8 Å². The van der Waals surface area contributed by atoms with Crippen LogP contribution in [0.5, 0.6) is 0 Å². The maximum Gasteiger partial charge on any atom is 0.222 e. The molecule has 0 aliphatic carbocycles. The largest absolute Gasteiger partial charge is 0.624 e. The number of allylic oxidation sites excluding steroid dienone is 2. The third-order valence-corrected chi connectivity index (χ3v) is 5.32. The first-order valence-electron chi connectivity index (χ1n) is 10.2. The number of hydroxylamine groups is 1. The molecular weight excluding hydrogens is 362 g/mol. The second-order valence-electron chi connectivity index (χ2n) is 9.27. The second kappa shape index (κ2) is 8.03. The Hall–Kier alpha value is -0.990. The van der Waals surface area contributed by atoms with Crippen LogP contribution in [0.4, 0.5) is 0 Å². The molecule has 0 bridgehead atoms. The van der Waals surface area contributed by atoms with Gasteiger partial charge in [-0.1, -0.05) is 18.6 Å². The van der Waals surface area contributed by atoms with E-state index in [1.807, 2.05) is 27.7 Å². The van der Waals surface area contributed by atoms with Crippen molar-refractivity contribution in [3.8, 4) is 0 Å². The number of hydrogen-bond acceptors (Lipinski definition) is 6. The smallest absolute Gasteiger partial charge is 0.222 e. The molecule has 0 N–H and O–H groups in total. The highest BCUT2D eigenvalue weighted by Crippen LogP contribution is 2.41. The Morgan fingerprint density at radius 3 is 2.43 bits per heavy atom. The summed E-state index contributed by atoms with van der Waals surface area (Å²) in [7, 11) is 0. The molecular formula is C21H35NO6. The molecule has 0 aromatic carbocycles. The summed E-state index contributed by atoms with van der Waals surface area (Å²) in [6.07, 6.45) is 3.92. The van der Waals surface area contributed by atoms with Gasteiger partial charge in [0.15, 0.2) is 36.3 Å². The highest BCUT2D eigenvalue weighted by atomic mass is 16.8. The van der Waals surface area contributed by atoms with E-state index >= 15 is 0 Å². The van der Waals surface area contributed by atoms with Crippen molar-refractivity contribution in [3.63, 3.8) is 0 Å². The Morgan fingerprint density at radius 1 is 1.11 bits per heavy atom. The van der Waals surface area contributed by atoms with Crippen LogP contribution in [0.25, 0.3) is 0 Å². The minimum Gasteiger partial charge on any atom is -0.624 e. The van der Waals surface area contributed by atoms with Gasteiger partial charge in [-0.3, -0.25) is 0 Å². The molecule has 3 rings (SSSR count). The van der Waals surface area contributed by atoms with Crippen molar-refractivity contribution < 1.29 is 28.4 Å². The molecule has 3 fully saturated rings. The Labute approximate surface area is 168 Å². The third-order valence-electron chi connectivity index (χ3n) is 5.32. The molecule has 28 heavy (non-hydrogen) atoms. The molecule has 0 aromatic rings. The topological polar surface area (TPSA) is 72.2 Å². The van der Waals surface area contributed by atoms with Crippen LogP contribution in [-0.4, -0.2) is 59.8 Å². The zero-order valence-electron chi connectivity index (χ0n) is 18.1. The molecule has 7 nitrogen and oxygen atoms in total. The van der Waals surface area contributed by atoms with Gasteiger partial charge in [0.1, 0.15) is 6.10 Å². The van der Waals surface area contributed by atoms with Gasteiger partial charge < -0.3 is 28.9 Å². The van der Waals surface area contributed by atoms with Crippen molar-refractivity contribution >= 4 is 6.21 Å². The van der Waals surface area contributed by atoms with Gasteiger partial charge in [0.2, 0.25) is 6.04 Å². The molecule has 0 saturated carbocycles. The molecule has 0 amide bonds. The van der Waals surface area contributed by atoms with Crippen molar-refractivity contribution in [3.05, 3.63) is 16.9 Å². The van der Waals surface area contributed by atoms with E-state index in [1.54, 1.807) is 6.21 Å². The van der Waals surface area contributed by atoms with E-state index in [1.165, 1.54) is 5.57 Å². The van der Waals surface area contributed by atoms with E-state index in [0.29, 0.717) is 6.61 Å². The Balaban J connectivity index is 1.76. The second-order valence-corrected chi connectivity index (χ2v) is 9.27. The fourth-order valence-electron chi connectivity index (χ4n) is 4.05. The van der Waals surface area contributed by atoms with E-state index in [4.69, 9.17) is 23.7 Å². The van der Waals surface area contributed by atoms with Gasteiger partial charge in [0.25, 0.3) is 0 Å². The third kappa shape index (κ3) is 4.94. The Kier molecular flexibility index (Phi) is 6.23. The van der Waals surface area contributed by atoms with Crippen molar-refractivity contribution in [1.82, 2.24) is 0 Å². The summed E-state index contributed by atoms with van der Waals surface area (Å²) in [6, 6.07) is -0.542. The number of ether oxygens (including phenoxy) is 5. The number of rotatable bonds is 6. The standard InChI is InChI=1S/C21H35NO6/c1-13(2)9-8-10-14(3)11-22(23)16-17(15-12-24-20(4,5)26-15)25-19-18(16)27-21(6,7)28-19/h9,11,14-19H,8,10,12H2,1-7H3/b22-11-/t14?,15-,16-,17-,18-,19-/m1/s1. The highest BCUT2D eigenvalue weighted by molar-refractivity contribution is 5.54. The average molecular weight is 398 g/mol. The van der Waals surface area contributed by atoms with E-state index in [9.17, 15) is 5.21 Å². The van der Waals surface area contributed by atoms with Crippen molar-refractivity contribution in [2.75, 3.05) is 6.61 Å². The maximum absolute atomic E-state index is 13.2. The molecule has 0 aromatic heterocycles. The Bertz CT molecular complexity index is 624. The zero-order chi connectivity index (χ0) is 20.7. The predicted molar refractivity (Wildman–Crippen MR) is 105 cm³/mol. The SMILES string of the molecule is CC(C)=CCCC(C)/C=[N+](\[O-])[C@H]1[C@H]2OC(C)(C)O[C@H]2O[C@@H]1[C@H]1COC(C)(C)O1. The lowest BCUT2D eigenvalue weighted by atomic mass is 10.0. The molecule has 1 unspecified atom stereocenters. The summed E-state index contributed by atoms with van der Waals surface area (Å²) in [5.41, 5.74) is 1.29. The van der Waals surface area contributed by atoms with Gasteiger partial charge in [0.05, 0.1) is 6.61 Å². The molecule has 160 valence electrons. The zero-order valence-corrected chi connectivity index (χ0v) is 18.1. The first kappa shape index (κ1) is 21.7. The lowest BCUT2D eigenvalue weighted by Gasteiger charge is -2.28. The summed E-state index contributed by atoms with van der Waals surface area (Å²) in [4.78, 5) is 0. The predicted octanol–water partition coefficient (Wildman–Crippen LogP) is 3.35. The van der Waals surface area contributed by atoms with Gasteiger partial charge >= 0.3 is 0 Å². The molecule has 3 saturated heterocycles. The summed E-state index contributed by atoms with van der Waals surface area (Å²) in [5, 5.41) is 13.2. The van der Waals surface area contributed by atoms with Gasteiger partial charge in [-0.05, 0) is 54.4 Å². The maximum atomic E-state index is 13.2. The van der Waals surface area contributed by atoms with E-state index < -0.39 is 36.1 Å². The monoisotopic (exact) mass is 397 g/mol. The van der Waals surface area contributed by atoms with Crippen molar-refractivity contribution in [2.24, 2.45) is 5.92 Å². The quantitative estimate of drug-likeness (QED) is 0.225. The summed E-state index contributed by atoms with van der Waals surface area (Å²) in [5.74, 6) is -1.33. The van der Waals surface area contributed by atoms with Crippen LogP contribution in [0.3, 0.4) is 0 Å². The van der Waals surface area contributed by atoms with Crippen LogP contribution >= 0.6 is 0 Å². The number of fused-ring (bicyclic) bond motifs is 1. The van der Waals surface area contributed by atoms with E-state index in [0.717, 1.165) is 17.6 Å². The van der Waals surface area contributed by atoms with Gasteiger partial charge in [-0.15, -0.1) is 0 Å². The minimum absolute atomic E-state index is 0.139. The van der Waals surface area contributed by atoms with Gasteiger partial charge in [-0.2, -0.15) is 0 Å². The molecule has 3 aliphatic heterocycles. The van der Waals surface area contributed by atoms with Gasteiger partial charge in [-0.25, -0.2) is 4.74 Å². The van der Waals surface area contributed by atoms with Crippen molar-refractivity contribution in [1.29, 1.82) is 0 Å². The van der Waals surface area contributed by atoms with Crippen molar-refractivity contribution in [2.45, 2.75) is 104 Å². The summed E-state index contributed by atoms with van der Waals surface area (Å²) >= 11 is 0. The summed E-state index contributed by atoms with van der Waals surface area (Å²) < 4.78 is 30.7. The van der Waals surface area contributed by atoms with E-state index in [-0.39, 0.29) is 12.0 Å². The highest BCUT2D eigenvalue weighted by Gasteiger charge is 2.62. The minimum atomic E-state index is -0.777. The molecule has 3 aliphatic rings. The molecule has 0 spiro atoms. The molecule has 7 heteroatoms. The number of hydrogen-bond donors (Lipinski definition) is 0. The molecule has 6 atom stereocenters. The lowest BCUT2D eigenvalue weighted by Crippen LogP contribution is -2.48. The van der Waals surface area contributed by atoms with Gasteiger partial charge in [0, 0.05) is 5.92 Å². The first-order valence-corrected chi connectivity index (χ1v) is 10.2. The van der Waals surface area contributed by atoms with Crippen LogP contribution < -0.4 is 0 Å². The van der Waals surface area contributed by atoms with Crippen LogP contribution in [0, 0.1) is 11.1 Å². The normalized spacial score (nSPS) is 37.7. The molecule has 0 radical (unpaired) electrons. The Morgan fingerprint density at radius 2 is 1.82 bits per heavy atom. The fourth-order valence-corrected chi connectivity index (χ4v) is 4.05. The average Bonchev–Trinajstić information content (AvgIpc) is 3.15. The van der Waals surface area contributed by atoms with Crippen LogP contribution in [-0.2, 0) is 23.7 Å². The van der Waals surface area contributed by atoms with Crippen LogP contribution in [0.1, 0.15) is 61.3 Å². The molecule has 3 heterocycles. The number of nitrogens with zero attached hydrogens (tertiary/aromatic N) is 1. The fraction of sp³-hybridized carbons (Fsp3) is 0.857.